The van der Waals surface area contributed by atoms with E-state index in [1.54, 1.807) is 18.3 Å². The second kappa shape index (κ2) is 7.09. The summed E-state index contributed by atoms with van der Waals surface area (Å²) in [6, 6.07) is 16.1. The second-order valence-corrected chi connectivity index (χ2v) is 7.30. The number of aromatic nitrogens is 3. The van der Waals surface area contributed by atoms with Gasteiger partial charge in [-0.3, -0.25) is 9.89 Å². The fourth-order valence-electron chi connectivity index (χ4n) is 3.86. The maximum Gasteiger partial charge on any atom is 0.253 e. The molecule has 3 N–H and O–H groups in total. The number of halogens is 1. The van der Waals surface area contributed by atoms with Crippen molar-refractivity contribution in [3.05, 3.63) is 72.2 Å². The van der Waals surface area contributed by atoms with E-state index in [0.717, 1.165) is 40.9 Å². The molecule has 0 bridgehead atoms. The standard InChI is InChI=1S/C22H20FN5O/c23-15-7-5-14(6-8-15)20-11-21(27-26-20)28-10-9-16(13-28)25-22(29)18-12-24-19-4-2-1-3-17(18)19/h1-8,11-12,16,24H,9-10,13H2,(H,25,29)(H,26,27). The van der Waals surface area contributed by atoms with E-state index in [1.165, 1.54) is 12.1 Å². The molecule has 5 rings (SSSR count). The van der Waals surface area contributed by atoms with Crippen LogP contribution in [0, 0.1) is 5.82 Å². The van der Waals surface area contributed by atoms with Crippen molar-refractivity contribution in [1.82, 2.24) is 20.5 Å². The summed E-state index contributed by atoms with van der Waals surface area (Å²) >= 11 is 0. The van der Waals surface area contributed by atoms with E-state index in [-0.39, 0.29) is 17.8 Å². The Kier molecular flexibility index (Phi) is 4.27. The summed E-state index contributed by atoms with van der Waals surface area (Å²) in [6.45, 7) is 1.51. The summed E-state index contributed by atoms with van der Waals surface area (Å²) in [4.78, 5) is 18.0. The van der Waals surface area contributed by atoms with Gasteiger partial charge in [0.15, 0.2) is 5.82 Å². The van der Waals surface area contributed by atoms with Gasteiger partial charge in [0, 0.05) is 42.3 Å². The first-order chi connectivity index (χ1) is 14.2. The van der Waals surface area contributed by atoms with Crippen LogP contribution in [0.3, 0.4) is 0 Å². The van der Waals surface area contributed by atoms with E-state index in [9.17, 15) is 9.18 Å². The number of carbonyl (C=O) groups is 1. The monoisotopic (exact) mass is 389 g/mol. The normalized spacial score (nSPS) is 16.4. The molecule has 6 nitrogen and oxygen atoms in total. The molecule has 146 valence electrons. The molecule has 1 saturated heterocycles. The molecular weight excluding hydrogens is 369 g/mol. The van der Waals surface area contributed by atoms with Crippen molar-refractivity contribution in [3.63, 3.8) is 0 Å². The third-order valence-corrected chi connectivity index (χ3v) is 5.40. The molecule has 3 heterocycles. The number of benzene rings is 2. The van der Waals surface area contributed by atoms with Crippen LogP contribution in [0.2, 0.25) is 0 Å². The molecule has 2 aromatic heterocycles. The Balaban J connectivity index is 1.26. The van der Waals surface area contributed by atoms with Crippen molar-refractivity contribution in [2.45, 2.75) is 12.5 Å². The van der Waals surface area contributed by atoms with Gasteiger partial charge in [-0.05, 0) is 42.3 Å². The minimum Gasteiger partial charge on any atom is -0.360 e. The van der Waals surface area contributed by atoms with E-state index in [4.69, 9.17) is 0 Å². The number of rotatable bonds is 4. The van der Waals surface area contributed by atoms with Crippen LogP contribution in [-0.2, 0) is 0 Å². The van der Waals surface area contributed by atoms with Gasteiger partial charge in [-0.25, -0.2) is 4.39 Å². The average molecular weight is 389 g/mol. The molecule has 0 spiro atoms. The van der Waals surface area contributed by atoms with Crippen LogP contribution in [-0.4, -0.2) is 40.2 Å². The van der Waals surface area contributed by atoms with E-state index in [1.807, 2.05) is 30.3 Å². The number of para-hydroxylation sites is 1. The summed E-state index contributed by atoms with van der Waals surface area (Å²) in [5.41, 5.74) is 3.34. The molecule has 1 aliphatic heterocycles. The lowest BCUT2D eigenvalue weighted by Crippen LogP contribution is -2.37. The van der Waals surface area contributed by atoms with Crippen molar-refractivity contribution in [2.24, 2.45) is 0 Å². The summed E-state index contributed by atoms with van der Waals surface area (Å²) in [6.07, 6.45) is 2.61. The molecule has 4 aromatic rings. The molecule has 0 radical (unpaired) electrons. The van der Waals surface area contributed by atoms with E-state index < -0.39 is 0 Å². The van der Waals surface area contributed by atoms with Crippen molar-refractivity contribution < 1.29 is 9.18 Å². The zero-order chi connectivity index (χ0) is 19.8. The highest BCUT2D eigenvalue weighted by Crippen LogP contribution is 2.25. The molecular formula is C22H20FN5O. The lowest BCUT2D eigenvalue weighted by Gasteiger charge is -2.16. The molecule has 2 aromatic carbocycles. The van der Waals surface area contributed by atoms with Gasteiger partial charge in [-0.15, -0.1) is 0 Å². The van der Waals surface area contributed by atoms with Gasteiger partial charge in [0.2, 0.25) is 0 Å². The number of H-pyrrole nitrogens is 2. The molecule has 1 fully saturated rings. The number of carbonyl (C=O) groups excluding carboxylic acids is 1. The Hall–Kier alpha value is -3.61. The summed E-state index contributed by atoms with van der Waals surface area (Å²) in [7, 11) is 0. The predicted molar refractivity (Wildman–Crippen MR) is 110 cm³/mol. The van der Waals surface area contributed by atoms with Crippen LogP contribution in [0.25, 0.3) is 22.2 Å². The first-order valence-electron chi connectivity index (χ1n) is 9.60. The predicted octanol–water partition coefficient (Wildman–Crippen LogP) is 3.71. The van der Waals surface area contributed by atoms with Gasteiger partial charge in [0.1, 0.15) is 5.82 Å². The van der Waals surface area contributed by atoms with Crippen molar-refractivity contribution in [3.8, 4) is 11.3 Å². The fraction of sp³-hybridized carbons (Fsp3) is 0.182. The van der Waals surface area contributed by atoms with Gasteiger partial charge in [-0.2, -0.15) is 5.10 Å². The Morgan fingerprint density at radius 3 is 2.86 bits per heavy atom. The van der Waals surface area contributed by atoms with Crippen LogP contribution >= 0.6 is 0 Å². The Bertz CT molecular complexity index is 1160. The maximum atomic E-state index is 13.1. The SMILES string of the molecule is O=C(NC1CCN(c2cc(-c3ccc(F)cc3)[nH]n2)C1)c1c[nH]c2ccccc12. The van der Waals surface area contributed by atoms with Crippen LogP contribution in [0.5, 0.6) is 0 Å². The smallest absolute Gasteiger partial charge is 0.253 e. The number of nitrogens with zero attached hydrogens (tertiary/aromatic N) is 2. The number of nitrogens with one attached hydrogen (secondary N) is 3. The molecule has 7 heteroatoms. The molecule has 1 atom stereocenters. The van der Waals surface area contributed by atoms with Crippen molar-refractivity contribution in [2.75, 3.05) is 18.0 Å². The van der Waals surface area contributed by atoms with Crippen LogP contribution in [0.4, 0.5) is 10.2 Å². The van der Waals surface area contributed by atoms with Crippen LogP contribution in [0.15, 0.2) is 60.8 Å². The van der Waals surface area contributed by atoms with Gasteiger partial charge in [0.05, 0.1) is 11.3 Å². The highest BCUT2D eigenvalue weighted by molar-refractivity contribution is 6.06. The van der Waals surface area contributed by atoms with Gasteiger partial charge >= 0.3 is 0 Å². The van der Waals surface area contributed by atoms with E-state index >= 15 is 0 Å². The largest absolute Gasteiger partial charge is 0.360 e. The molecule has 0 saturated carbocycles. The molecule has 29 heavy (non-hydrogen) atoms. The lowest BCUT2D eigenvalue weighted by atomic mass is 10.1. The van der Waals surface area contributed by atoms with Crippen LogP contribution in [0.1, 0.15) is 16.8 Å². The van der Waals surface area contributed by atoms with Gasteiger partial charge in [0.25, 0.3) is 5.91 Å². The average Bonchev–Trinajstić information content (AvgIpc) is 3.47. The van der Waals surface area contributed by atoms with E-state index in [2.05, 4.69) is 25.4 Å². The Morgan fingerprint density at radius 1 is 1.17 bits per heavy atom. The summed E-state index contributed by atoms with van der Waals surface area (Å²) in [5, 5.41) is 11.5. The summed E-state index contributed by atoms with van der Waals surface area (Å²) in [5.74, 6) is 0.498. The Morgan fingerprint density at radius 2 is 2.00 bits per heavy atom. The minimum absolute atomic E-state index is 0.0575. The molecule has 0 aliphatic carbocycles. The number of amides is 1. The van der Waals surface area contributed by atoms with Crippen molar-refractivity contribution in [1.29, 1.82) is 0 Å². The molecule has 1 amide bonds. The molecule has 1 unspecified atom stereocenters. The first kappa shape index (κ1) is 17.5. The number of anilines is 1. The third kappa shape index (κ3) is 3.35. The van der Waals surface area contributed by atoms with Gasteiger partial charge in [-0.1, -0.05) is 18.2 Å². The lowest BCUT2D eigenvalue weighted by molar-refractivity contribution is 0.0942. The number of hydrogen-bond acceptors (Lipinski definition) is 3. The zero-order valence-electron chi connectivity index (χ0n) is 15.7. The minimum atomic E-state index is -0.262. The van der Waals surface area contributed by atoms with Crippen LogP contribution < -0.4 is 10.2 Å². The zero-order valence-corrected chi connectivity index (χ0v) is 15.7. The number of fused-ring (bicyclic) bond motifs is 1. The van der Waals surface area contributed by atoms with Gasteiger partial charge < -0.3 is 15.2 Å². The molecule has 1 aliphatic rings. The fourth-order valence-corrected chi connectivity index (χ4v) is 3.86. The maximum absolute atomic E-state index is 13.1. The third-order valence-electron chi connectivity index (χ3n) is 5.40. The summed E-state index contributed by atoms with van der Waals surface area (Å²) < 4.78 is 13.1. The quantitative estimate of drug-likeness (QED) is 0.498. The first-order valence-corrected chi connectivity index (χ1v) is 9.60. The number of aromatic amines is 2. The highest BCUT2D eigenvalue weighted by Gasteiger charge is 2.26. The van der Waals surface area contributed by atoms with Crippen molar-refractivity contribution >= 4 is 22.6 Å². The topological polar surface area (TPSA) is 76.8 Å². The Labute approximate surface area is 166 Å². The highest BCUT2D eigenvalue weighted by atomic mass is 19.1. The number of hydrogen-bond donors (Lipinski definition) is 3. The van der Waals surface area contributed by atoms with E-state index in [0.29, 0.717) is 12.1 Å². The second-order valence-electron chi connectivity index (χ2n) is 7.30.